The third-order valence-corrected chi connectivity index (χ3v) is 10.7. The molecule has 1 N–H and O–H groups in total. The fourth-order valence-electron chi connectivity index (χ4n) is 6.77. The van der Waals surface area contributed by atoms with Crippen LogP contribution in [0.4, 0.5) is 5.69 Å². The lowest BCUT2D eigenvalue weighted by Crippen LogP contribution is -2.57. The molecule has 0 aliphatic carbocycles. The van der Waals surface area contributed by atoms with E-state index in [4.69, 9.17) is 16.3 Å². The Labute approximate surface area is 249 Å². The Morgan fingerprint density at radius 2 is 1.80 bits per heavy atom. The van der Waals surface area contributed by atoms with E-state index in [0.29, 0.717) is 23.7 Å². The molecule has 1 spiro atoms. The van der Waals surface area contributed by atoms with Crippen LogP contribution in [0, 0.1) is 11.8 Å². The first kappa shape index (κ1) is 28.1. The molecule has 6 rings (SSSR count). The fourth-order valence-corrected chi connectivity index (χ4v) is 9.00. The van der Waals surface area contributed by atoms with E-state index in [-0.39, 0.29) is 30.2 Å². The Kier molecular flexibility index (Phi) is 7.99. The van der Waals surface area contributed by atoms with Crippen molar-refractivity contribution < 1.29 is 24.2 Å². The SMILES string of the molecule is O=C1OCCCC/C=C\[C@H]2S[C@]34C=CCN(c5ccccc5Cl)C(=O)C3N([C@@H](CO)Cc3ccccc3)C(=O)[C@@H]4[C@@H]12. The predicted octanol–water partition coefficient (Wildman–Crippen LogP) is 4.43. The topological polar surface area (TPSA) is 87.2 Å². The first-order valence-electron chi connectivity index (χ1n) is 14.2. The maximum atomic E-state index is 14.7. The summed E-state index contributed by atoms with van der Waals surface area (Å²) in [5.74, 6) is -2.53. The van der Waals surface area contributed by atoms with E-state index < -0.39 is 34.6 Å². The summed E-state index contributed by atoms with van der Waals surface area (Å²) in [5.41, 5.74) is 1.50. The second-order valence-corrected chi connectivity index (χ2v) is 12.9. The molecular formula is C32H33ClN2O5S. The molecule has 2 aromatic carbocycles. The second-order valence-electron chi connectivity index (χ2n) is 11.0. The van der Waals surface area contributed by atoms with E-state index in [1.165, 1.54) is 11.8 Å². The molecule has 41 heavy (non-hydrogen) atoms. The number of amides is 2. The Balaban J connectivity index is 1.48. The number of fused-ring (bicyclic) bond motifs is 2. The standard InChI is InChI=1S/C32H33ClN2O5S/c33-23-13-7-8-14-24(23)34-17-10-16-32-27(26-25(41-32)15-6-1-2-9-18-40-31(26)39)29(37)35(28(32)30(34)38)22(20-36)19-21-11-4-3-5-12-21/h3-8,10-16,22,25-28,36H,1-2,9,17-20H2/b15-6-/t22-,25-,26+,27+,28?,32+/m1/s1. The summed E-state index contributed by atoms with van der Waals surface area (Å²) in [4.78, 5) is 46.0. The number of halogens is 1. The number of rotatable bonds is 5. The van der Waals surface area contributed by atoms with Gasteiger partial charge in [-0.05, 0) is 43.4 Å². The van der Waals surface area contributed by atoms with Crippen molar-refractivity contribution in [1.29, 1.82) is 0 Å². The number of ether oxygens (including phenoxy) is 1. The Bertz CT molecular complexity index is 1380. The predicted molar refractivity (Wildman–Crippen MR) is 160 cm³/mol. The van der Waals surface area contributed by atoms with Crippen molar-refractivity contribution in [2.24, 2.45) is 11.8 Å². The molecule has 2 aromatic rings. The molecule has 2 fully saturated rings. The zero-order valence-corrected chi connectivity index (χ0v) is 24.2. The number of allylic oxidation sites excluding steroid dienone is 1. The number of anilines is 1. The van der Waals surface area contributed by atoms with Crippen LogP contribution in [0.15, 0.2) is 78.9 Å². The smallest absolute Gasteiger partial charge is 0.311 e. The van der Waals surface area contributed by atoms with Gasteiger partial charge >= 0.3 is 5.97 Å². The van der Waals surface area contributed by atoms with E-state index in [0.717, 1.165) is 24.8 Å². The van der Waals surface area contributed by atoms with E-state index in [2.05, 4.69) is 6.08 Å². The number of carbonyl (C=O) groups excluding carboxylic acids is 3. The van der Waals surface area contributed by atoms with Gasteiger partial charge in [-0.3, -0.25) is 14.4 Å². The average Bonchev–Trinajstić information content (AvgIpc) is 3.37. The van der Waals surface area contributed by atoms with Gasteiger partial charge in [0.05, 0.1) is 46.5 Å². The van der Waals surface area contributed by atoms with Gasteiger partial charge in [0.2, 0.25) is 5.91 Å². The van der Waals surface area contributed by atoms with Gasteiger partial charge in [0.1, 0.15) is 6.04 Å². The first-order valence-corrected chi connectivity index (χ1v) is 15.4. The number of aliphatic hydroxyl groups excluding tert-OH is 1. The van der Waals surface area contributed by atoms with Gasteiger partial charge in [-0.2, -0.15) is 0 Å². The van der Waals surface area contributed by atoms with Gasteiger partial charge in [-0.1, -0.05) is 78.4 Å². The largest absolute Gasteiger partial charge is 0.465 e. The van der Waals surface area contributed by atoms with Crippen LogP contribution in [-0.4, -0.2) is 69.6 Å². The number of likely N-dealkylation sites (tertiary alicyclic amines) is 1. The van der Waals surface area contributed by atoms with E-state index in [9.17, 15) is 19.5 Å². The monoisotopic (exact) mass is 592 g/mol. The molecule has 2 saturated heterocycles. The number of hydrogen-bond acceptors (Lipinski definition) is 6. The highest BCUT2D eigenvalue weighted by atomic mass is 35.5. The molecule has 0 radical (unpaired) electrons. The van der Waals surface area contributed by atoms with Crippen LogP contribution >= 0.6 is 23.4 Å². The Morgan fingerprint density at radius 1 is 1.02 bits per heavy atom. The van der Waals surface area contributed by atoms with Gasteiger partial charge in [-0.25, -0.2) is 0 Å². The van der Waals surface area contributed by atoms with Crippen molar-refractivity contribution in [3.63, 3.8) is 0 Å². The number of para-hydroxylation sites is 1. The molecule has 0 bridgehead atoms. The lowest BCUT2D eigenvalue weighted by molar-refractivity contribution is -0.153. The maximum Gasteiger partial charge on any atom is 0.311 e. The van der Waals surface area contributed by atoms with Gasteiger partial charge in [0.25, 0.3) is 5.91 Å². The molecular weight excluding hydrogens is 560 g/mol. The summed E-state index contributed by atoms with van der Waals surface area (Å²) in [6.07, 6.45) is 10.9. The van der Waals surface area contributed by atoms with E-state index >= 15 is 0 Å². The summed E-state index contributed by atoms with van der Waals surface area (Å²) in [5, 5.41) is 10.8. The summed E-state index contributed by atoms with van der Waals surface area (Å²) >= 11 is 8.06. The molecule has 214 valence electrons. The van der Waals surface area contributed by atoms with Crippen molar-refractivity contribution in [2.45, 2.75) is 47.8 Å². The van der Waals surface area contributed by atoms with Gasteiger partial charge < -0.3 is 19.6 Å². The third-order valence-electron chi connectivity index (χ3n) is 8.60. The van der Waals surface area contributed by atoms with Crippen molar-refractivity contribution in [1.82, 2.24) is 4.90 Å². The molecule has 1 unspecified atom stereocenters. The molecule has 0 aromatic heterocycles. The molecule has 4 heterocycles. The quantitative estimate of drug-likeness (QED) is 0.408. The molecule has 4 aliphatic heterocycles. The van der Waals surface area contributed by atoms with Crippen molar-refractivity contribution in [3.8, 4) is 0 Å². The van der Waals surface area contributed by atoms with Crippen LogP contribution in [-0.2, 0) is 25.5 Å². The van der Waals surface area contributed by atoms with Gasteiger partial charge in [-0.15, -0.1) is 11.8 Å². The van der Waals surface area contributed by atoms with Crippen LogP contribution in [0.5, 0.6) is 0 Å². The lowest BCUT2D eigenvalue weighted by atomic mass is 9.78. The zero-order valence-electron chi connectivity index (χ0n) is 22.6. The Hall–Kier alpha value is -3.07. The molecule has 6 atom stereocenters. The van der Waals surface area contributed by atoms with Gasteiger partial charge in [0, 0.05) is 11.8 Å². The molecule has 2 amide bonds. The minimum absolute atomic E-state index is 0.272. The highest BCUT2D eigenvalue weighted by Crippen LogP contribution is 2.61. The maximum absolute atomic E-state index is 14.7. The molecule has 9 heteroatoms. The minimum Gasteiger partial charge on any atom is -0.465 e. The average molecular weight is 593 g/mol. The summed E-state index contributed by atoms with van der Waals surface area (Å²) < 4.78 is 4.69. The Morgan fingerprint density at radius 3 is 2.59 bits per heavy atom. The lowest BCUT2D eigenvalue weighted by Gasteiger charge is -2.38. The van der Waals surface area contributed by atoms with Crippen LogP contribution in [0.25, 0.3) is 0 Å². The second kappa shape index (κ2) is 11.7. The number of cyclic esters (lactones) is 1. The summed E-state index contributed by atoms with van der Waals surface area (Å²) in [6, 6.07) is 15.2. The number of hydrogen-bond donors (Lipinski definition) is 1. The number of benzene rings is 2. The number of esters is 1. The van der Waals surface area contributed by atoms with Crippen molar-refractivity contribution >= 4 is 46.8 Å². The van der Waals surface area contributed by atoms with E-state index in [1.54, 1.807) is 28.0 Å². The molecule has 7 nitrogen and oxygen atoms in total. The molecule has 0 saturated carbocycles. The third kappa shape index (κ3) is 4.90. The molecule has 4 aliphatic rings. The first-order chi connectivity index (χ1) is 20.0. The van der Waals surface area contributed by atoms with E-state index in [1.807, 2.05) is 54.6 Å². The summed E-state index contributed by atoms with van der Waals surface area (Å²) in [7, 11) is 0. The highest BCUT2D eigenvalue weighted by molar-refractivity contribution is 8.02. The summed E-state index contributed by atoms with van der Waals surface area (Å²) in [6.45, 7) is 0.254. The zero-order chi connectivity index (χ0) is 28.6. The van der Waals surface area contributed by atoms with Crippen molar-refractivity contribution in [3.05, 3.63) is 89.5 Å². The fraction of sp³-hybridized carbons (Fsp3) is 0.406. The number of aliphatic hydroxyl groups is 1. The van der Waals surface area contributed by atoms with Crippen LogP contribution in [0.3, 0.4) is 0 Å². The number of carbonyl (C=O) groups is 3. The minimum atomic E-state index is -1.01. The van der Waals surface area contributed by atoms with Crippen LogP contribution < -0.4 is 4.90 Å². The number of thioether (sulfide) groups is 1. The number of nitrogens with zero attached hydrogens (tertiary/aromatic N) is 2. The normalized spacial score (nSPS) is 31.1. The highest BCUT2D eigenvalue weighted by Gasteiger charge is 2.71. The van der Waals surface area contributed by atoms with Crippen LogP contribution in [0.1, 0.15) is 24.8 Å². The van der Waals surface area contributed by atoms with Crippen molar-refractivity contribution in [2.75, 3.05) is 24.7 Å². The van der Waals surface area contributed by atoms with Crippen LogP contribution in [0.2, 0.25) is 5.02 Å². The van der Waals surface area contributed by atoms with Gasteiger partial charge in [0.15, 0.2) is 0 Å².